The molecule has 0 saturated carbocycles. The topological polar surface area (TPSA) is 21.3 Å². The summed E-state index contributed by atoms with van der Waals surface area (Å²) >= 11 is 5.88. The molecular formula is C15H22ClNO. The molecule has 0 spiro atoms. The van der Waals surface area contributed by atoms with Crippen molar-refractivity contribution in [3.8, 4) is 0 Å². The molecule has 18 heavy (non-hydrogen) atoms. The summed E-state index contributed by atoms with van der Waals surface area (Å²) in [4.78, 5) is 0. The highest BCUT2D eigenvalue weighted by Gasteiger charge is 2.24. The van der Waals surface area contributed by atoms with Gasteiger partial charge in [0.25, 0.3) is 0 Å². The van der Waals surface area contributed by atoms with Gasteiger partial charge in [0, 0.05) is 24.2 Å². The monoisotopic (exact) mass is 267 g/mol. The highest BCUT2D eigenvalue weighted by Crippen LogP contribution is 2.20. The van der Waals surface area contributed by atoms with Gasteiger partial charge in [0.2, 0.25) is 0 Å². The number of benzene rings is 1. The van der Waals surface area contributed by atoms with E-state index in [1.807, 2.05) is 12.1 Å². The highest BCUT2D eigenvalue weighted by molar-refractivity contribution is 6.30. The summed E-state index contributed by atoms with van der Waals surface area (Å²) in [5, 5.41) is 4.42. The molecule has 0 radical (unpaired) electrons. The molecule has 1 saturated heterocycles. The average Bonchev–Trinajstić information content (AvgIpc) is 2.38. The lowest BCUT2D eigenvalue weighted by atomic mass is 9.95. The van der Waals surface area contributed by atoms with E-state index in [4.69, 9.17) is 16.3 Å². The van der Waals surface area contributed by atoms with E-state index in [0.29, 0.717) is 18.1 Å². The Balaban J connectivity index is 1.81. The van der Waals surface area contributed by atoms with Crippen LogP contribution in [0.2, 0.25) is 5.02 Å². The molecule has 1 heterocycles. The van der Waals surface area contributed by atoms with Crippen molar-refractivity contribution < 1.29 is 4.74 Å². The highest BCUT2D eigenvalue weighted by atomic mass is 35.5. The molecule has 2 atom stereocenters. The van der Waals surface area contributed by atoms with Crippen LogP contribution in [-0.4, -0.2) is 18.8 Å². The van der Waals surface area contributed by atoms with Gasteiger partial charge in [-0.3, -0.25) is 0 Å². The Hall–Kier alpha value is -0.570. The minimum atomic E-state index is 0.404. The zero-order valence-electron chi connectivity index (χ0n) is 11.2. The number of halogens is 1. The molecule has 2 unspecified atom stereocenters. The second kappa shape index (κ2) is 6.55. The van der Waals surface area contributed by atoms with Crippen molar-refractivity contribution in [2.24, 2.45) is 5.92 Å². The largest absolute Gasteiger partial charge is 0.378 e. The van der Waals surface area contributed by atoms with Crippen LogP contribution in [0.25, 0.3) is 0 Å². The van der Waals surface area contributed by atoms with E-state index in [9.17, 15) is 0 Å². The SMILES string of the molecule is CC(C)C1CC(NCc2ccc(Cl)cc2)CCO1. The number of hydrogen-bond donors (Lipinski definition) is 1. The molecule has 1 aromatic rings. The Labute approximate surface area is 115 Å². The molecule has 0 bridgehead atoms. The number of rotatable bonds is 4. The molecule has 1 aliphatic rings. The smallest absolute Gasteiger partial charge is 0.0612 e. The molecule has 2 nitrogen and oxygen atoms in total. The maximum Gasteiger partial charge on any atom is 0.0612 e. The normalized spacial score (nSPS) is 24.4. The number of nitrogens with one attached hydrogen (secondary N) is 1. The van der Waals surface area contributed by atoms with E-state index >= 15 is 0 Å². The summed E-state index contributed by atoms with van der Waals surface area (Å²) in [5.41, 5.74) is 1.28. The van der Waals surface area contributed by atoms with Gasteiger partial charge in [0.05, 0.1) is 6.10 Å². The van der Waals surface area contributed by atoms with Crippen molar-refractivity contribution in [2.45, 2.75) is 45.4 Å². The van der Waals surface area contributed by atoms with Gasteiger partial charge < -0.3 is 10.1 Å². The molecule has 1 aliphatic heterocycles. The molecule has 0 amide bonds. The molecule has 1 fully saturated rings. The molecule has 1 aromatic carbocycles. The van der Waals surface area contributed by atoms with Crippen molar-refractivity contribution in [1.29, 1.82) is 0 Å². The first kappa shape index (κ1) is 13.9. The summed E-state index contributed by atoms with van der Waals surface area (Å²) in [7, 11) is 0. The van der Waals surface area contributed by atoms with Gasteiger partial charge in [-0.2, -0.15) is 0 Å². The zero-order chi connectivity index (χ0) is 13.0. The Bertz CT molecular complexity index is 363. The maximum absolute atomic E-state index is 5.88. The summed E-state index contributed by atoms with van der Waals surface area (Å²) in [6.07, 6.45) is 2.63. The van der Waals surface area contributed by atoms with Gasteiger partial charge in [-0.15, -0.1) is 0 Å². The first-order chi connectivity index (χ1) is 8.65. The van der Waals surface area contributed by atoms with Crippen molar-refractivity contribution in [3.05, 3.63) is 34.9 Å². The van der Waals surface area contributed by atoms with Gasteiger partial charge in [0.15, 0.2) is 0 Å². The van der Waals surface area contributed by atoms with Crippen LogP contribution in [0, 0.1) is 5.92 Å². The third-order valence-corrected chi connectivity index (χ3v) is 3.82. The van der Waals surface area contributed by atoms with E-state index in [0.717, 1.165) is 31.0 Å². The fourth-order valence-corrected chi connectivity index (χ4v) is 2.47. The molecule has 0 aliphatic carbocycles. The molecular weight excluding hydrogens is 246 g/mol. The van der Waals surface area contributed by atoms with Gasteiger partial charge >= 0.3 is 0 Å². The van der Waals surface area contributed by atoms with E-state index in [1.54, 1.807) is 0 Å². The molecule has 3 heteroatoms. The number of ether oxygens (including phenoxy) is 1. The zero-order valence-corrected chi connectivity index (χ0v) is 11.9. The third kappa shape index (κ3) is 3.98. The van der Waals surface area contributed by atoms with Crippen LogP contribution in [0.1, 0.15) is 32.3 Å². The van der Waals surface area contributed by atoms with Gasteiger partial charge in [-0.1, -0.05) is 37.6 Å². The van der Waals surface area contributed by atoms with Gasteiger partial charge in [-0.05, 0) is 36.5 Å². The van der Waals surface area contributed by atoms with Crippen molar-refractivity contribution in [3.63, 3.8) is 0 Å². The van der Waals surface area contributed by atoms with Crippen molar-refractivity contribution in [1.82, 2.24) is 5.32 Å². The fraction of sp³-hybridized carbons (Fsp3) is 0.600. The second-order valence-corrected chi connectivity index (χ2v) is 5.82. The third-order valence-electron chi connectivity index (χ3n) is 3.57. The Kier molecular flexibility index (Phi) is 5.04. The van der Waals surface area contributed by atoms with E-state index < -0.39 is 0 Å². The molecule has 0 aromatic heterocycles. The lowest BCUT2D eigenvalue weighted by Gasteiger charge is -2.32. The van der Waals surface area contributed by atoms with Crippen LogP contribution < -0.4 is 5.32 Å². The van der Waals surface area contributed by atoms with E-state index in [-0.39, 0.29) is 0 Å². The van der Waals surface area contributed by atoms with Crippen molar-refractivity contribution in [2.75, 3.05) is 6.61 Å². The summed E-state index contributed by atoms with van der Waals surface area (Å²) in [5.74, 6) is 0.602. The second-order valence-electron chi connectivity index (χ2n) is 5.38. The maximum atomic E-state index is 5.88. The quantitative estimate of drug-likeness (QED) is 0.899. The van der Waals surface area contributed by atoms with Crippen LogP contribution in [0.5, 0.6) is 0 Å². The molecule has 100 valence electrons. The standard InChI is InChI=1S/C15H22ClNO/c1-11(2)15-9-14(7-8-18-15)17-10-12-3-5-13(16)6-4-12/h3-6,11,14-15,17H,7-10H2,1-2H3. The average molecular weight is 268 g/mol. The Morgan fingerprint density at radius 3 is 2.72 bits per heavy atom. The van der Waals surface area contributed by atoms with E-state index in [1.165, 1.54) is 5.56 Å². The predicted molar refractivity (Wildman–Crippen MR) is 75.9 cm³/mol. The first-order valence-corrected chi connectivity index (χ1v) is 7.12. The number of hydrogen-bond acceptors (Lipinski definition) is 2. The van der Waals surface area contributed by atoms with Crippen LogP contribution in [0.15, 0.2) is 24.3 Å². The minimum absolute atomic E-state index is 0.404. The van der Waals surface area contributed by atoms with Crippen LogP contribution in [0.4, 0.5) is 0 Å². The van der Waals surface area contributed by atoms with Crippen molar-refractivity contribution >= 4 is 11.6 Å². The lowest BCUT2D eigenvalue weighted by Crippen LogP contribution is -2.40. The minimum Gasteiger partial charge on any atom is -0.378 e. The van der Waals surface area contributed by atoms with Crippen LogP contribution in [0.3, 0.4) is 0 Å². The Morgan fingerprint density at radius 1 is 1.33 bits per heavy atom. The van der Waals surface area contributed by atoms with Gasteiger partial charge in [0.1, 0.15) is 0 Å². The predicted octanol–water partition coefficient (Wildman–Crippen LogP) is 3.63. The Morgan fingerprint density at radius 2 is 2.06 bits per heavy atom. The summed E-state index contributed by atoms with van der Waals surface area (Å²) in [6.45, 7) is 6.24. The molecule has 1 N–H and O–H groups in total. The van der Waals surface area contributed by atoms with Gasteiger partial charge in [-0.25, -0.2) is 0 Å². The van der Waals surface area contributed by atoms with E-state index in [2.05, 4.69) is 31.3 Å². The molecule has 2 rings (SSSR count). The fourth-order valence-electron chi connectivity index (χ4n) is 2.34. The lowest BCUT2D eigenvalue weighted by molar-refractivity contribution is -0.0245. The van der Waals surface area contributed by atoms with Crippen LogP contribution in [-0.2, 0) is 11.3 Å². The van der Waals surface area contributed by atoms with Crippen LogP contribution >= 0.6 is 11.6 Å². The summed E-state index contributed by atoms with van der Waals surface area (Å²) in [6, 6.07) is 8.61. The first-order valence-electron chi connectivity index (χ1n) is 6.74. The summed E-state index contributed by atoms with van der Waals surface area (Å²) < 4.78 is 5.78.